The van der Waals surface area contributed by atoms with Gasteiger partial charge in [0.25, 0.3) is 0 Å². The number of para-hydroxylation sites is 1. The first-order chi connectivity index (χ1) is 14.0. The maximum Gasteiger partial charge on any atom is 0.329 e. The molecule has 0 spiro atoms. The van der Waals surface area contributed by atoms with Crippen LogP contribution in [0.2, 0.25) is 5.02 Å². The second kappa shape index (κ2) is 7.66. The number of nitro groups is 1. The monoisotopic (exact) mass is 416 g/mol. The number of fused-ring (bicyclic) bond motifs is 1. The van der Waals surface area contributed by atoms with E-state index in [9.17, 15) is 14.5 Å². The third kappa shape index (κ3) is 3.37. The predicted octanol–water partition coefficient (Wildman–Crippen LogP) is 5.10. The third-order valence-corrected chi connectivity index (χ3v) is 5.05. The summed E-state index contributed by atoms with van der Waals surface area (Å²) in [4.78, 5) is 10.7. The van der Waals surface area contributed by atoms with Crippen molar-refractivity contribution in [3.8, 4) is 17.6 Å². The molecule has 1 unspecified atom stereocenters. The Balaban J connectivity index is 1.85. The maximum absolute atomic E-state index is 14.6. The van der Waals surface area contributed by atoms with Gasteiger partial charge >= 0.3 is 5.69 Å². The number of nitriles is 1. The quantitative estimate of drug-likeness (QED) is 0.433. The first-order valence-electron chi connectivity index (χ1n) is 8.83. The molecule has 1 aliphatic heterocycles. The summed E-state index contributed by atoms with van der Waals surface area (Å²) in [5.74, 6) is -1.09. The molecule has 0 N–H and O–H groups in total. The fraction of sp³-hybridized carbons (Fsp3) is 0.263. The molecule has 0 bridgehead atoms. The van der Waals surface area contributed by atoms with E-state index in [1.54, 1.807) is 10.8 Å². The second-order valence-corrected chi connectivity index (χ2v) is 6.85. The summed E-state index contributed by atoms with van der Waals surface area (Å²) in [6.07, 6.45) is 3.74. The minimum absolute atomic E-state index is 0.109. The minimum atomic E-state index is -0.759. The van der Waals surface area contributed by atoms with E-state index in [4.69, 9.17) is 26.3 Å². The van der Waals surface area contributed by atoms with E-state index in [1.165, 1.54) is 30.5 Å². The summed E-state index contributed by atoms with van der Waals surface area (Å²) in [5.41, 5.74) is -0.304. The number of aromatic nitrogens is 2. The SMILES string of the molecule is N#Cc1cccc(Oc2c(Cl)c(F)cc3c2cnn3C2CCCCO2)c1[N+](=O)[O-]. The predicted molar refractivity (Wildman–Crippen MR) is 101 cm³/mol. The van der Waals surface area contributed by atoms with Crippen LogP contribution in [-0.2, 0) is 4.74 Å². The van der Waals surface area contributed by atoms with E-state index in [0.29, 0.717) is 17.5 Å². The number of halogens is 2. The van der Waals surface area contributed by atoms with Crippen molar-refractivity contribution in [2.24, 2.45) is 0 Å². The van der Waals surface area contributed by atoms with Crippen LogP contribution in [0.25, 0.3) is 10.9 Å². The first kappa shape index (κ1) is 19.1. The zero-order valence-corrected chi connectivity index (χ0v) is 15.7. The van der Waals surface area contributed by atoms with E-state index >= 15 is 0 Å². The number of nitrogens with zero attached hydrogens (tertiary/aromatic N) is 4. The molecule has 1 fully saturated rings. The molecule has 10 heteroatoms. The average Bonchev–Trinajstić information content (AvgIpc) is 3.14. The Hall–Kier alpha value is -3.22. The number of ether oxygens (including phenoxy) is 2. The van der Waals surface area contributed by atoms with Crippen molar-refractivity contribution in [1.82, 2.24) is 9.78 Å². The van der Waals surface area contributed by atoms with Gasteiger partial charge in [-0.05, 0) is 31.4 Å². The number of benzene rings is 2. The lowest BCUT2D eigenvalue weighted by atomic mass is 10.1. The lowest BCUT2D eigenvalue weighted by Gasteiger charge is -2.23. The van der Waals surface area contributed by atoms with Crippen molar-refractivity contribution in [3.05, 3.63) is 57.0 Å². The van der Waals surface area contributed by atoms with Crippen molar-refractivity contribution in [3.63, 3.8) is 0 Å². The Morgan fingerprint density at radius 1 is 1.45 bits per heavy atom. The van der Waals surface area contributed by atoms with E-state index < -0.39 is 16.4 Å². The molecule has 0 amide bonds. The zero-order valence-electron chi connectivity index (χ0n) is 15.0. The van der Waals surface area contributed by atoms with Crippen molar-refractivity contribution >= 4 is 28.2 Å². The van der Waals surface area contributed by atoms with Crippen LogP contribution in [0.3, 0.4) is 0 Å². The fourth-order valence-corrected chi connectivity index (χ4v) is 3.53. The van der Waals surface area contributed by atoms with Crippen molar-refractivity contribution in [2.75, 3.05) is 6.61 Å². The molecule has 0 saturated carbocycles. The summed E-state index contributed by atoms with van der Waals surface area (Å²) in [7, 11) is 0. The Kier molecular flexibility index (Phi) is 5.05. The molecule has 3 aromatic rings. The van der Waals surface area contributed by atoms with Gasteiger partial charge in [-0.15, -0.1) is 0 Å². The second-order valence-electron chi connectivity index (χ2n) is 6.47. The van der Waals surface area contributed by atoms with Crippen LogP contribution in [0, 0.1) is 27.3 Å². The smallest absolute Gasteiger partial charge is 0.329 e. The molecule has 1 aromatic heterocycles. The van der Waals surface area contributed by atoms with Gasteiger partial charge in [-0.1, -0.05) is 17.7 Å². The lowest BCUT2D eigenvalue weighted by Crippen LogP contribution is -2.19. The van der Waals surface area contributed by atoms with Gasteiger partial charge < -0.3 is 9.47 Å². The largest absolute Gasteiger partial charge is 0.448 e. The summed E-state index contributed by atoms with van der Waals surface area (Å²) in [5, 5.41) is 24.9. The molecule has 0 aliphatic carbocycles. The van der Waals surface area contributed by atoms with Gasteiger partial charge in [0, 0.05) is 12.7 Å². The van der Waals surface area contributed by atoms with Crippen molar-refractivity contribution < 1.29 is 18.8 Å². The molecule has 1 atom stereocenters. The summed E-state index contributed by atoms with van der Waals surface area (Å²) >= 11 is 6.12. The molecule has 0 radical (unpaired) electrons. The minimum Gasteiger partial charge on any atom is -0.448 e. The summed E-state index contributed by atoms with van der Waals surface area (Å²) < 4.78 is 27.5. The van der Waals surface area contributed by atoms with Gasteiger partial charge in [0.05, 0.1) is 22.0 Å². The Morgan fingerprint density at radius 3 is 2.97 bits per heavy atom. The molecule has 148 valence electrons. The van der Waals surface area contributed by atoms with Crippen LogP contribution in [0.5, 0.6) is 11.5 Å². The molecule has 29 heavy (non-hydrogen) atoms. The molecule has 2 heterocycles. The highest BCUT2D eigenvalue weighted by Gasteiger charge is 2.26. The van der Waals surface area contributed by atoms with Gasteiger partial charge in [-0.3, -0.25) is 10.1 Å². The lowest BCUT2D eigenvalue weighted by molar-refractivity contribution is -0.385. The highest BCUT2D eigenvalue weighted by atomic mass is 35.5. The van der Waals surface area contributed by atoms with Crippen LogP contribution in [0.4, 0.5) is 10.1 Å². The standard InChI is InChI=1S/C19H14ClFN4O4/c20-17-13(21)8-14-12(10-23-24(14)16-6-1-2-7-28-16)19(17)29-15-5-3-4-11(9-22)18(15)25(26)27/h3-5,8,10,16H,1-2,6-7H2. The molecule has 4 rings (SSSR count). The van der Waals surface area contributed by atoms with Crippen LogP contribution in [0.1, 0.15) is 31.1 Å². The Labute approximate surface area is 169 Å². The zero-order chi connectivity index (χ0) is 20.5. The van der Waals surface area contributed by atoms with Gasteiger partial charge in [0.15, 0.2) is 12.0 Å². The molecule has 1 aliphatic rings. The van der Waals surface area contributed by atoms with E-state index in [2.05, 4.69) is 5.10 Å². The van der Waals surface area contributed by atoms with Crippen LogP contribution >= 0.6 is 11.6 Å². The maximum atomic E-state index is 14.6. The van der Waals surface area contributed by atoms with Crippen LogP contribution < -0.4 is 4.74 Å². The summed E-state index contributed by atoms with van der Waals surface area (Å²) in [6.45, 7) is 0.582. The first-order valence-corrected chi connectivity index (χ1v) is 9.21. The Bertz CT molecular complexity index is 1150. The third-order valence-electron chi connectivity index (χ3n) is 4.69. The molecular weight excluding hydrogens is 403 g/mol. The van der Waals surface area contributed by atoms with Gasteiger partial charge in [0.1, 0.15) is 22.5 Å². The highest BCUT2D eigenvalue weighted by Crippen LogP contribution is 2.42. The fourth-order valence-electron chi connectivity index (χ4n) is 3.34. The molecule has 8 nitrogen and oxygen atoms in total. The normalized spacial score (nSPS) is 16.5. The van der Waals surface area contributed by atoms with Crippen molar-refractivity contribution in [1.29, 1.82) is 5.26 Å². The average molecular weight is 417 g/mol. The Morgan fingerprint density at radius 2 is 2.28 bits per heavy atom. The van der Waals surface area contributed by atoms with E-state index in [1.807, 2.05) is 0 Å². The van der Waals surface area contributed by atoms with Gasteiger partial charge in [-0.2, -0.15) is 10.4 Å². The topological polar surface area (TPSA) is 103 Å². The highest BCUT2D eigenvalue weighted by molar-refractivity contribution is 6.33. The van der Waals surface area contributed by atoms with Crippen LogP contribution in [-0.4, -0.2) is 21.3 Å². The molecular formula is C19H14ClFN4O4. The summed E-state index contributed by atoms with van der Waals surface area (Å²) in [6, 6.07) is 7.04. The molecule has 2 aromatic carbocycles. The van der Waals surface area contributed by atoms with Crippen molar-refractivity contribution in [2.45, 2.75) is 25.5 Å². The van der Waals surface area contributed by atoms with Crippen LogP contribution in [0.15, 0.2) is 30.5 Å². The molecule has 1 saturated heterocycles. The number of hydrogen-bond donors (Lipinski definition) is 0. The number of nitro benzene ring substituents is 1. The van der Waals surface area contributed by atoms with E-state index in [0.717, 1.165) is 19.3 Å². The van der Waals surface area contributed by atoms with Gasteiger partial charge in [-0.25, -0.2) is 9.07 Å². The number of hydrogen-bond acceptors (Lipinski definition) is 6. The van der Waals surface area contributed by atoms with Gasteiger partial charge in [0.2, 0.25) is 5.75 Å². The van der Waals surface area contributed by atoms with E-state index in [-0.39, 0.29) is 28.3 Å². The number of rotatable bonds is 4.